The number of nitrogens with zero attached hydrogens (tertiary/aromatic N) is 1. The minimum absolute atomic E-state index is 0.648. The molecule has 1 aromatic carbocycles. The van der Waals surface area contributed by atoms with Gasteiger partial charge in [0.2, 0.25) is 0 Å². The highest BCUT2D eigenvalue weighted by molar-refractivity contribution is 6.37. The number of nitrogen functional groups attached to an aromatic ring is 1. The molecule has 2 nitrogen and oxygen atoms in total. The molecule has 1 aliphatic carbocycles. The predicted molar refractivity (Wildman–Crippen MR) is 64.3 cm³/mol. The summed E-state index contributed by atoms with van der Waals surface area (Å²) in [5.41, 5.74) is 9.13. The zero-order valence-corrected chi connectivity index (χ0v) is 9.38. The molecule has 3 heteroatoms. The number of benzene rings is 1. The van der Waals surface area contributed by atoms with Crippen LogP contribution in [-0.4, -0.2) is 4.57 Å². The van der Waals surface area contributed by atoms with Gasteiger partial charge in [0.25, 0.3) is 0 Å². The Morgan fingerprint density at radius 3 is 2.73 bits per heavy atom. The molecule has 1 heterocycles. The van der Waals surface area contributed by atoms with Gasteiger partial charge in [-0.1, -0.05) is 17.7 Å². The topological polar surface area (TPSA) is 30.9 Å². The van der Waals surface area contributed by atoms with Gasteiger partial charge in [0.05, 0.1) is 10.5 Å². The van der Waals surface area contributed by atoms with E-state index in [4.69, 9.17) is 17.3 Å². The predicted octanol–water partition coefficient (Wildman–Crippen LogP) is 3.29. The van der Waals surface area contributed by atoms with Crippen LogP contribution in [0.2, 0.25) is 5.02 Å². The second-order valence-corrected chi connectivity index (χ2v) is 4.65. The fraction of sp³-hybridized carbons (Fsp3) is 0.333. The molecule has 0 aliphatic heterocycles. The van der Waals surface area contributed by atoms with E-state index in [-0.39, 0.29) is 0 Å². The Bertz CT molecular complexity index is 538. The van der Waals surface area contributed by atoms with Crippen LogP contribution in [0.25, 0.3) is 10.9 Å². The van der Waals surface area contributed by atoms with Crippen molar-refractivity contribution in [3.05, 3.63) is 28.9 Å². The number of nitrogens with two attached hydrogens (primary N) is 1. The van der Waals surface area contributed by atoms with E-state index in [2.05, 4.69) is 17.7 Å². The summed E-state index contributed by atoms with van der Waals surface area (Å²) in [6, 6.07) is 5.96. The molecule has 2 aromatic rings. The first-order valence-corrected chi connectivity index (χ1v) is 5.60. The molecule has 0 bridgehead atoms. The van der Waals surface area contributed by atoms with Gasteiger partial charge in [-0.15, -0.1) is 0 Å². The van der Waals surface area contributed by atoms with E-state index >= 15 is 0 Å². The Hall–Kier alpha value is -1.15. The van der Waals surface area contributed by atoms with Crippen molar-refractivity contribution in [2.45, 2.75) is 18.8 Å². The maximum Gasteiger partial charge on any atom is 0.0717 e. The summed E-state index contributed by atoms with van der Waals surface area (Å²) >= 11 is 6.40. The van der Waals surface area contributed by atoms with Gasteiger partial charge < -0.3 is 10.3 Å². The van der Waals surface area contributed by atoms with Gasteiger partial charge in [-0.3, -0.25) is 0 Å². The fourth-order valence-corrected chi connectivity index (χ4v) is 2.78. The number of hydrogen-bond donors (Lipinski definition) is 1. The van der Waals surface area contributed by atoms with E-state index in [0.29, 0.717) is 5.92 Å². The Balaban J connectivity index is 2.42. The van der Waals surface area contributed by atoms with Crippen molar-refractivity contribution in [2.75, 3.05) is 5.73 Å². The SMILES string of the molecule is Cn1c(C2CC2)c(Cl)c2c(N)cccc21. The highest BCUT2D eigenvalue weighted by Gasteiger charge is 2.30. The maximum absolute atomic E-state index is 6.40. The molecule has 0 spiro atoms. The van der Waals surface area contributed by atoms with Crippen molar-refractivity contribution in [3.8, 4) is 0 Å². The molecule has 1 fully saturated rings. The summed E-state index contributed by atoms with van der Waals surface area (Å²) < 4.78 is 2.19. The van der Waals surface area contributed by atoms with Gasteiger partial charge >= 0.3 is 0 Å². The Morgan fingerprint density at radius 2 is 2.13 bits per heavy atom. The lowest BCUT2D eigenvalue weighted by Crippen LogP contribution is -1.93. The molecule has 1 aromatic heterocycles. The zero-order valence-electron chi connectivity index (χ0n) is 8.63. The molecule has 0 radical (unpaired) electrons. The van der Waals surface area contributed by atoms with Crippen LogP contribution >= 0.6 is 11.6 Å². The van der Waals surface area contributed by atoms with Crippen LogP contribution in [0, 0.1) is 0 Å². The lowest BCUT2D eigenvalue weighted by Gasteiger charge is -2.01. The smallest absolute Gasteiger partial charge is 0.0717 e. The molecular weight excluding hydrogens is 208 g/mol. The van der Waals surface area contributed by atoms with Gasteiger partial charge in [0, 0.05) is 29.7 Å². The van der Waals surface area contributed by atoms with Crippen molar-refractivity contribution in [3.63, 3.8) is 0 Å². The monoisotopic (exact) mass is 220 g/mol. The molecule has 3 rings (SSSR count). The minimum Gasteiger partial charge on any atom is -0.398 e. The van der Waals surface area contributed by atoms with Gasteiger partial charge in [-0.05, 0) is 25.0 Å². The van der Waals surface area contributed by atoms with E-state index in [1.807, 2.05) is 12.1 Å². The lowest BCUT2D eigenvalue weighted by molar-refractivity contribution is 0.858. The van der Waals surface area contributed by atoms with Crippen LogP contribution in [0.5, 0.6) is 0 Å². The molecular formula is C12H13ClN2. The quantitative estimate of drug-likeness (QED) is 0.735. The van der Waals surface area contributed by atoms with E-state index in [1.54, 1.807) is 0 Å². The summed E-state index contributed by atoms with van der Waals surface area (Å²) in [7, 11) is 2.07. The Kier molecular flexibility index (Phi) is 1.77. The number of aryl methyl sites for hydroxylation is 1. The number of fused-ring (bicyclic) bond motifs is 1. The van der Waals surface area contributed by atoms with Crippen LogP contribution < -0.4 is 5.73 Å². The van der Waals surface area contributed by atoms with E-state index in [1.165, 1.54) is 18.5 Å². The first-order chi connectivity index (χ1) is 7.20. The summed E-state index contributed by atoms with van der Waals surface area (Å²) in [6.45, 7) is 0. The minimum atomic E-state index is 0.648. The Morgan fingerprint density at radius 1 is 1.40 bits per heavy atom. The highest BCUT2D eigenvalue weighted by Crippen LogP contribution is 2.47. The standard InChI is InChI=1S/C12H13ClN2/c1-15-9-4-2-3-8(14)10(9)11(13)12(15)7-5-6-7/h2-4,7H,5-6,14H2,1H3. The molecule has 15 heavy (non-hydrogen) atoms. The summed E-state index contributed by atoms with van der Waals surface area (Å²) in [6.07, 6.45) is 2.51. The third-order valence-electron chi connectivity index (χ3n) is 3.21. The summed E-state index contributed by atoms with van der Waals surface area (Å²) in [5, 5.41) is 1.87. The average molecular weight is 221 g/mol. The van der Waals surface area contributed by atoms with Crippen LogP contribution in [0.4, 0.5) is 5.69 Å². The number of halogens is 1. The third kappa shape index (κ3) is 1.18. The first kappa shape index (κ1) is 9.10. The van der Waals surface area contributed by atoms with E-state index in [9.17, 15) is 0 Å². The summed E-state index contributed by atoms with van der Waals surface area (Å²) in [4.78, 5) is 0. The molecule has 0 saturated heterocycles. The van der Waals surface area contributed by atoms with E-state index < -0.39 is 0 Å². The van der Waals surface area contributed by atoms with Gasteiger partial charge in [-0.2, -0.15) is 0 Å². The van der Waals surface area contributed by atoms with Crippen molar-refractivity contribution >= 4 is 28.2 Å². The molecule has 0 atom stereocenters. The van der Waals surface area contributed by atoms with Crippen LogP contribution in [-0.2, 0) is 7.05 Å². The molecule has 0 unspecified atom stereocenters. The highest BCUT2D eigenvalue weighted by atomic mass is 35.5. The van der Waals surface area contributed by atoms with Gasteiger partial charge in [-0.25, -0.2) is 0 Å². The molecule has 78 valence electrons. The second kappa shape index (κ2) is 2.92. The molecule has 1 aliphatic rings. The second-order valence-electron chi connectivity index (χ2n) is 4.27. The number of anilines is 1. The van der Waals surface area contributed by atoms with Gasteiger partial charge in [0.1, 0.15) is 0 Å². The molecule has 1 saturated carbocycles. The zero-order chi connectivity index (χ0) is 10.6. The fourth-order valence-electron chi connectivity index (χ4n) is 2.29. The Labute approximate surface area is 93.6 Å². The number of rotatable bonds is 1. The molecule has 0 amide bonds. The number of aromatic nitrogens is 1. The number of hydrogen-bond acceptors (Lipinski definition) is 1. The maximum atomic E-state index is 6.40. The van der Waals surface area contributed by atoms with E-state index in [0.717, 1.165) is 21.6 Å². The summed E-state index contributed by atoms with van der Waals surface area (Å²) in [5.74, 6) is 0.648. The van der Waals surface area contributed by atoms with Crippen LogP contribution in [0.15, 0.2) is 18.2 Å². The third-order valence-corrected chi connectivity index (χ3v) is 3.59. The molecule has 2 N–H and O–H groups in total. The lowest BCUT2D eigenvalue weighted by atomic mass is 10.2. The van der Waals surface area contributed by atoms with Crippen LogP contribution in [0.3, 0.4) is 0 Å². The van der Waals surface area contributed by atoms with Crippen LogP contribution in [0.1, 0.15) is 24.5 Å². The van der Waals surface area contributed by atoms with Crippen molar-refractivity contribution in [1.82, 2.24) is 4.57 Å². The van der Waals surface area contributed by atoms with Gasteiger partial charge in [0.15, 0.2) is 0 Å². The van der Waals surface area contributed by atoms with Crippen molar-refractivity contribution in [1.29, 1.82) is 0 Å². The largest absolute Gasteiger partial charge is 0.398 e. The first-order valence-electron chi connectivity index (χ1n) is 5.22. The normalized spacial score (nSPS) is 16.1. The van der Waals surface area contributed by atoms with Crippen molar-refractivity contribution in [2.24, 2.45) is 7.05 Å². The van der Waals surface area contributed by atoms with Crippen molar-refractivity contribution < 1.29 is 0 Å². The average Bonchev–Trinajstić information content (AvgIpc) is 2.98.